The maximum atomic E-state index is 14.2. The first-order valence-electron chi connectivity index (χ1n) is 10.4. The van der Waals surface area contributed by atoms with E-state index in [9.17, 15) is 17.6 Å². The minimum Gasteiger partial charge on any atom is -0.493 e. The third-order valence-electron chi connectivity index (χ3n) is 5.40. The minimum absolute atomic E-state index is 0.0397. The summed E-state index contributed by atoms with van der Waals surface area (Å²) in [5, 5.41) is 0. The molecule has 1 N–H and O–H groups in total. The molecule has 1 aliphatic heterocycles. The van der Waals surface area contributed by atoms with Crippen LogP contribution in [0.4, 0.5) is 4.39 Å². The van der Waals surface area contributed by atoms with Gasteiger partial charge in [-0.3, -0.25) is 9.69 Å². The first-order chi connectivity index (χ1) is 15.8. The highest BCUT2D eigenvalue weighted by Gasteiger charge is 2.25. The average molecular weight is 478 g/mol. The van der Waals surface area contributed by atoms with Crippen molar-refractivity contribution in [2.24, 2.45) is 0 Å². The van der Waals surface area contributed by atoms with E-state index in [1.165, 1.54) is 12.1 Å². The molecule has 2 aromatic carbocycles. The Balaban J connectivity index is 1.65. The number of rotatable bonds is 9. The van der Waals surface area contributed by atoms with Crippen LogP contribution in [0.3, 0.4) is 0 Å². The Morgan fingerprint density at radius 3 is 2.42 bits per heavy atom. The van der Waals surface area contributed by atoms with Crippen molar-refractivity contribution in [1.29, 1.82) is 0 Å². The van der Waals surface area contributed by atoms with Crippen molar-refractivity contribution >= 4 is 15.9 Å². The molecule has 33 heavy (non-hydrogen) atoms. The number of nitrogens with zero attached hydrogens (tertiary/aromatic N) is 2. The summed E-state index contributed by atoms with van der Waals surface area (Å²) in [4.78, 5) is 16.3. The number of ether oxygens (including phenoxy) is 2. The van der Waals surface area contributed by atoms with E-state index in [1.54, 1.807) is 19.1 Å². The van der Waals surface area contributed by atoms with Gasteiger partial charge in [0.15, 0.2) is 11.5 Å². The van der Waals surface area contributed by atoms with E-state index >= 15 is 0 Å². The summed E-state index contributed by atoms with van der Waals surface area (Å²) in [6.07, 6.45) is 1.35. The zero-order valence-corrected chi connectivity index (χ0v) is 19.5. The molecule has 1 heterocycles. The lowest BCUT2D eigenvalue weighted by atomic mass is 10.1. The molecule has 1 amide bonds. The molecule has 178 valence electrons. The molecule has 1 saturated heterocycles. The Morgan fingerprint density at radius 2 is 1.79 bits per heavy atom. The predicted octanol–water partition coefficient (Wildman–Crippen LogP) is 2.27. The number of sulfonamides is 1. The Hall–Kier alpha value is -2.95. The second-order valence-electron chi connectivity index (χ2n) is 7.54. The van der Waals surface area contributed by atoms with Crippen molar-refractivity contribution in [3.8, 4) is 11.5 Å². The van der Waals surface area contributed by atoms with E-state index < -0.39 is 20.7 Å². The fraction of sp³-hybridized carbons (Fsp3) is 0.348. The molecule has 1 fully saturated rings. The summed E-state index contributed by atoms with van der Waals surface area (Å²) in [5.41, 5.74) is 1.19. The van der Waals surface area contributed by atoms with Gasteiger partial charge in [-0.1, -0.05) is 12.1 Å². The Bertz CT molecular complexity index is 1120. The predicted molar refractivity (Wildman–Crippen MR) is 123 cm³/mol. The SMILES string of the molecule is C=CCNS(=O)(=O)c1cc(C(=O)N2CCN(Cc3ccc(OC)c(OC)c3)CC2)ccc1F. The van der Waals surface area contributed by atoms with E-state index in [1.807, 2.05) is 18.2 Å². The number of hydrogen-bond acceptors (Lipinski definition) is 6. The number of amides is 1. The van der Waals surface area contributed by atoms with Crippen molar-refractivity contribution < 1.29 is 27.1 Å². The molecule has 0 atom stereocenters. The largest absolute Gasteiger partial charge is 0.493 e. The van der Waals surface area contributed by atoms with E-state index in [-0.39, 0.29) is 18.0 Å². The van der Waals surface area contributed by atoms with Crippen LogP contribution in [0, 0.1) is 5.82 Å². The minimum atomic E-state index is -4.09. The lowest BCUT2D eigenvalue weighted by Crippen LogP contribution is -2.48. The molecule has 0 aliphatic carbocycles. The van der Waals surface area contributed by atoms with Crippen molar-refractivity contribution in [3.63, 3.8) is 0 Å². The van der Waals surface area contributed by atoms with Gasteiger partial charge in [-0.2, -0.15) is 0 Å². The molecule has 8 nitrogen and oxygen atoms in total. The molecule has 1 aliphatic rings. The molecule has 0 bridgehead atoms. The van der Waals surface area contributed by atoms with Gasteiger partial charge >= 0.3 is 0 Å². The monoisotopic (exact) mass is 477 g/mol. The van der Waals surface area contributed by atoms with Crippen LogP contribution in [0.25, 0.3) is 0 Å². The molecule has 3 rings (SSSR count). The normalized spacial score (nSPS) is 14.7. The standard InChI is InChI=1S/C23H28FN3O5S/c1-4-9-25-33(29,30)22-15-18(6-7-19(22)24)23(28)27-12-10-26(11-13-27)16-17-5-8-20(31-2)21(14-17)32-3/h4-8,14-15,25H,1,9-13,16H2,2-3H3. The molecule has 0 saturated carbocycles. The van der Waals surface area contributed by atoms with Gasteiger partial charge in [-0.05, 0) is 35.9 Å². The van der Waals surface area contributed by atoms with Gasteiger partial charge in [0.25, 0.3) is 5.91 Å². The van der Waals surface area contributed by atoms with E-state index in [4.69, 9.17) is 9.47 Å². The number of hydrogen-bond donors (Lipinski definition) is 1. The van der Waals surface area contributed by atoms with Crippen molar-refractivity contribution in [2.75, 3.05) is 46.9 Å². The topological polar surface area (TPSA) is 88.2 Å². The Morgan fingerprint density at radius 1 is 1.09 bits per heavy atom. The molecular formula is C23H28FN3O5S. The van der Waals surface area contributed by atoms with Crippen LogP contribution in [0.1, 0.15) is 15.9 Å². The molecule has 0 aromatic heterocycles. The lowest BCUT2D eigenvalue weighted by molar-refractivity contribution is 0.0628. The average Bonchev–Trinajstić information content (AvgIpc) is 2.83. The highest BCUT2D eigenvalue weighted by Crippen LogP contribution is 2.28. The maximum absolute atomic E-state index is 14.2. The summed E-state index contributed by atoms with van der Waals surface area (Å²) in [5.74, 6) is 0.0780. The van der Waals surface area contributed by atoms with Crippen LogP contribution < -0.4 is 14.2 Å². The van der Waals surface area contributed by atoms with Crippen molar-refractivity contribution in [1.82, 2.24) is 14.5 Å². The lowest BCUT2D eigenvalue weighted by Gasteiger charge is -2.35. The number of benzene rings is 2. The molecule has 0 radical (unpaired) electrons. The highest BCUT2D eigenvalue weighted by molar-refractivity contribution is 7.89. The van der Waals surface area contributed by atoms with Crippen molar-refractivity contribution in [2.45, 2.75) is 11.4 Å². The van der Waals surface area contributed by atoms with Gasteiger partial charge in [0.2, 0.25) is 10.0 Å². The highest BCUT2D eigenvalue weighted by atomic mass is 32.2. The third kappa shape index (κ3) is 5.89. The number of carbonyl (C=O) groups excluding carboxylic acids is 1. The molecule has 0 spiro atoms. The second kappa shape index (κ2) is 10.8. The molecule has 2 aromatic rings. The second-order valence-corrected chi connectivity index (χ2v) is 9.28. The summed E-state index contributed by atoms with van der Waals surface area (Å²) in [7, 11) is -0.909. The Labute approximate surface area is 193 Å². The van der Waals surface area contributed by atoms with Crippen molar-refractivity contribution in [3.05, 3.63) is 66.0 Å². The summed E-state index contributed by atoms with van der Waals surface area (Å²) in [6.45, 7) is 6.33. The summed E-state index contributed by atoms with van der Waals surface area (Å²) < 4.78 is 51.6. The van der Waals surface area contributed by atoms with Gasteiger partial charge in [0, 0.05) is 44.8 Å². The van der Waals surface area contributed by atoms with Crippen LogP contribution >= 0.6 is 0 Å². The number of piperazine rings is 1. The van der Waals surface area contributed by atoms with E-state index in [2.05, 4.69) is 16.2 Å². The molecular weight excluding hydrogens is 449 g/mol. The summed E-state index contributed by atoms with van der Waals surface area (Å²) >= 11 is 0. The molecule has 10 heteroatoms. The Kier molecular flexibility index (Phi) is 8.06. The fourth-order valence-electron chi connectivity index (χ4n) is 3.62. The number of nitrogens with one attached hydrogen (secondary N) is 1. The van der Waals surface area contributed by atoms with E-state index in [0.717, 1.165) is 17.7 Å². The first kappa shape index (κ1) is 24.7. The van der Waals surface area contributed by atoms with Gasteiger partial charge < -0.3 is 14.4 Å². The van der Waals surface area contributed by atoms with Gasteiger partial charge in [-0.15, -0.1) is 6.58 Å². The third-order valence-corrected chi connectivity index (χ3v) is 6.84. The summed E-state index contributed by atoms with van der Waals surface area (Å²) in [6, 6.07) is 9.15. The van der Waals surface area contributed by atoms with Gasteiger partial charge in [0.1, 0.15) is 10.7 Å². The number of carbonyl (C=O) groups is 1. The zero-order valence-electron chi connectivity index (χ0n) is 18.7. The fourth-order valence-corrected chi connectivity index (χ4v) is 4.72. The van der Waals surface area contributed by atoms with Crippen LogP contribution in [0.15, 0.2) is 53.9 Å². The zero-order chi connectivity index (χ0) is 24.0. The number of methoxy groups -OCH3 is 2. The van der Waals surface area contributed by atoms with Crippen LogP contribution in [0.2, 0.25) is 0 Å². The maximum Gasteiger partial charge on any atom is 0.253 e. The quantitative estimate of drug-likeness (QED) is 0.558. The van der Waals surface area contributed by atoms with Crippen LogP contribution in [-0.2, 0) is 16.6 Å². The first-order valence-corrected chi connectivity index (χ1v) is 11.9. The van der Waals surface area contributed by atoms with Gasteiger partial charge in [0.05, 0.1) is 14.2 Å². The van der Waals surface area contributed by atoms with E-state index in [0.29, 0.717) is 44.2 Å². The van der Waals surface area contributed by atoms with Gasteiger partial charge in [-0.25, -0.2) is 17.5 Å². The van der Waals surface area contributed by atoms with Crippen LogP contribution in [0.5, 0.6) is 11.5 Å². The smallest absolute Gasteiger partial charge is 0.253 e. The number of halogens is 1. The van der Waals surface area contributed by atoms with Crippen LogP contribution in [-0.4, -0.2) is 71.1 Å². The molecule has 0 unspecified atom stereocenters.